The zero-order chi connectivity index (χ0) is 17.3. The van der Waals surface area contributed by atoms with Gasteiger partial charge in [0.2, 0.25) is 0 Å². The van der Waals surface area contributed by atoms with Gasteiger partial charge in [0, 0.05) is 0 Å². The largest absolute Gasteiger partial charge is 0.490 e. The molecule has 0 heterocycles. The van der Waals surface area contributed by atoms with Gasteiger partial charge in [0.1, 0.15) is 37.1 Å². The molecule has 0 spiro atoms. The maximum Gasteiger partial charge on any atom is 0.138 e. The molecule has 4 heteroatoms. The number of halogens is 1. The molecule has 3 nitrogen and oxygen atoms in total. The monoisotopic (exact) mass is 354 g/mol. The minimum atomic E-state index is 0.427. The summed E-state index contributed by atoms with van der Waals surface area (Å²) in [6, 6.07) is 25.0. The number of ether oxygens (including phenoxy) is 3. The molecule has 25 heavy (non-hydrogen) atoms. The summed E-state index contributed by atoms with van der Waals surface area (Å²) in [5, 5.41) is 0.599. The van der Waals surface area contributed by atoms with Crippen molar-refractivity contribution in [2.24, 2.45) is 0 Å². The quantitative estimate of drug-likeness (QED) is 0.508. The smallest absolute Gasteiger partial charge is 0.138 e. The second-order valence-corrected chi connectivity index (χ2v) is 5.78. The molecule has 128 valence electrons. The van der Waals surface area contributed by atoms with Crippen molar-refractivity contribution in [2.75, 3.05) is 13.2 Å². The Bertz CT molecular complexity index is 773. The molecule has 0 fully saturated rings. The second kappa shape index (κ2) is 9.00. The molecule has 0 unspecified atom stereocenters. The lowest BCUT2D eigenvalue weighted by molar-refractivity contribution is 0.217. The summed E-state index contributed by atoms with van der Waals surface area (Å²) in [6.45, 7) is 1.41. The van der Waals surface area contributed by atoms with E-state index in [2.05, 4.69) is 0 Å². The van der Waals surface area contributed by atoms with Gasteiger partial charge in [0.25, 0.3) is 0 Å². The minimum absolute atomic E-state index is 0.427. The van der Waals surface area contributed by atoms with E-state index in [1.807, 2.05) is 72.8 Å². The fourth-order valence-corrected chi connectivity index (χ4v) is 2.44. The van der Waals surface area contributed by atoms with Gasteiger partial charge >= 0.3 is 0 Å². The summed E-state index contributed by atoms with van der Waals surface area (Å²) in [6.07, 6.45) is 0. The highest BCUT2D eigenvalue weighted by atomic mass is 35.5. The van der Waals surface area contributed by atoms with Crippen LogP contribution < -0.4 is 14.2 Å². The zero-order valence-electron chi connectivity index (χ0n) is 13.7. The van der Waals surface area contributed by atoms with Crippen LogP contribution in [0.25, 0.3) is 0 Å². The third-order valence-electron chi connectivity index (χ3n) is 3.52. The van der Waals surface area contributed by atoms with Gasteiger partial charge in [-0.05, 0) is 42.0 Å². The average molecular weight is 355 g/mol. The van der Waals surface area contributed by atoms with Crippen molar-refractivity contribution in [2.45, 2.75) is 6.61 Å². The third kappa shape index (κ3) is 5.44. The van der Waals surface area contributed by atoms with E-state index < -0.39 is 0 Å². The van der Waals surface area contributed by atoms with E-state index in [1.165, 1.54) is 0 Å². The summed E-state index contributed by atoms with van der Waals surface area (Å²) in [7, 11) is 0. The highest BCUT2D eigenvalue weighted by Crippen LogP contribution is 2.23. The van der Waals surface area contributed by atoms with Gasteiger partial charge in [-0.1, -0.05) is 54.1 Å². The van der Waals surface area contributed by atoms with Gasteiger partial charge < -0.3 is 14.2 Å². The molecule has 0 aliphatic heterocycles. The summed E-state index contributed by atoms with van der Waals surface area (Å²) >= 11 is 6.03. The molecule has 0 amide bonds. The lowest BCUT2D eigenvalue weighted by Gasteiger charge is -2.10. The van der Waals surface area contributed by atoms with Crippen molar-refractivity contribution < 1.29 is 14.2 Å². The van der Waals surface area contributed by atoms with Crippen LogP contribution in [0.3, 0.4) is 0 Å². The van der Waals surface area contributed by atoms with E-state index >= 15 is 0 Å². The number of para-hydroxylation sites is 1. The van der Waals surface area contributed by atoms with Crippen LogP contribution in [0.4, 0.5) is 0 Å². The Labute approximate surface area is 152 Å². The van der Waals surface area contributed by atoms with Gasteiger partial charge in [-0.25, -0.2) is 0 Å². The maximum absolute atomic E-state index is 6.03. The van der Waals surface area contributed by atoms with Gasteiger partial charge in [0.05, 0.1) is 5.02 Å². The average Bonchev–Trinajstić information content (AvgIpc) is 2.67. The number of hydrogen-bond donors (Lipinski definition) is 0. The summed E-state index contributed by atoms with van der Waals surface area (Å²) < 4.78 is 17.0. The highest BCUT2D eigenvalue weighted by molar-refractivity contribution is 6.32. The molecule has 0 atom stereocenters. The fourth-order valence-electron chi connectivity index (χ4n) is 2.25. The Kier molecular flexibility index (Phi) is 6.18. The molecule has 3 rings (SSSR count). The topological polar surface area (TPSA) is 27.7 Å². The van der Waals surface area contributed by atoms with Crippen LogP contribution in [0.5, 0.6) is 17.2 Å². The number of benzene rings is 3. The van der Waals surface area contributed by atoms with Crippen molar-refractivity contribution in [3.63, 3.8) is 0 Å². The molecule has 0 aliphatic rings. The van der Waals surface area contributed by atoms with E-state index in [4.69, 9.17) is 25.8 Å². The Morgan fingerprint density at radius 2 is 1.20 bits per heavy atom. The SMILES string of the molecule is Clc1ccccc1OCCOc1ccc(OCc2ccccc2)cc1. The van der Waals surface area contributed by atoms with Gasteiger partial charge in [-0.3, -0.25) is 0 Å². The normalized spacial score (nSPS) is 10.3. The van der Waals surface area contributed by atoms with Gasteiger partial charge in [-0.2, -0.15) is 0 Å². The van der Waals surface area contributed by atoms with Crippen LogP contribution in [-0.4, -0.2) is 13.2 Å². The van der Waals surface area contributed by atoms with E-state index in [0.29, 0.717) is 30.6 Å². The summed E-state index contributed by atoms with van der Waals surface area (Å²) in [5.41, 5.74) is 1.14. The molecule has 3 aromatic rings. The maximum atomic E-state index is 6.03. The molecule has 0 radical (unpaired) electrons. The molecule has 0 aliphatic carbocycles. The predicted molar refractivity (Wildman–Crippen MR) is 99.7 cm³/mol. The van der Waals surface area contributed by atoms with Crippen LogP contribution in [-0.2, 0) is 6.61 Å². The van der Waals surface area contributed by atoms with Crippen molar-refractivity contribution in [1.82, 2.24) is 0 Å². The molecule has 0 N–H and O–H groups in total. The van der Waals surface area contributed by atoms with Crippen LogP contribution in [0.1, 0.15) is 5.56 Å². The lowest BCUT2D eigenvalue weighted by Crippen LogP contribution is -2.09. The van der Waals surface area contributed by atoms with Gasteiger partial charge in [0.15, 0.2) is 0 Å². The van der Waals surface area contributed by atoms with E-state index in [0.717, 1.165) is 17.1 Å². The number of hydrogen-bond acceptors (Lipinski definition) is 3. The summed E-state index contributed by atoms with van der Waals surface area (Å²) in [4.78, 5) is 0. The Balaban J connectivity index is 1.41. The van der Waals surface area contributed by atoms with Crippen molar-refractivity contribution in [1.29, 1.82) is 0 Å². The van der Waals surface area contributed by atoms with Crippen LogP contribution in [0.15, 0.2) is 78.9 Å². The molecule has 0 saturated carbocycles. The lowest BCUT2D eigenvalue weighted by atomic mass is 10.2. The molecule has 3 aromatic carbocycles. The molecular weight excluding hydrogens is 336 g/mol. The van der Waals surface area contributed by atoms with E-state index in [9.17, 15) is 0 Å². The third-order valence-corrected chi connectivity index (χ3v) is 3.83. The Hall–Kier alpha value is -2.65. The van der Waals surface area contributed by atoms with Gasteiger partial charge in [-0.15, -0.1) is 0 Å². The Morgan fingerprint density at radius 3 is 1.92 bits per heavy atom. The van der Waals surface area contributed by atoms with E-state index in [-0.39, 0.29) is 0 Å². The van der Waals surface area contributed by atoms with Crippen molar-refractivity contribution in [3.8, 4) is 17.2 Å². The predicted octanol–water partition coefficient (Wildman–Crippen LogP) is 5.38. The number of rotatable bonds is 8. The van der Waals surface area contributed by atoms with Crippen LogP contribution in [0, 0.1) is 0 Å². The standard InChI is InChI=1S/C21H19ClO3/c22-20-8-4-5-9-21(20)24-15-14-23-18-10-12-19(13-11-18)25-16-17-6-2-1-3-7-17/h1-13H,14-16H2. The highest BCUT2D eigenvalue weighted by Gasteiger charge is 2.01. The molecule has 0 aromatic heterocycles. The van der Waals surface area contributed by atoms with Crippen LogP contribution in [0.2, 0.25) is 5.02 Å². The first-order valence-corrected chi connectivity index (χ1v) is 8.46. The molecular formula is C21H19ClO3. The van der Waals surface area contributed by atoms with Crippen molar-refractivity contribution >= 4 is 11.6 Å². The summed E-state index contributed by atoms with van der Waals surface area (Å²) in [5.74, 6) is 2.25. The Morgan fingerprint density at radius 1 is 0.600 bits per heavy atom. The van der Waals surface area contributed by atoms with Crippen LogP contribution >= 0.6 is 11.6 Å². The minimum Gasteiger partial charge on any atom is -0.490 e. The first kappa shape index (κ1) is 17.2. The second-order valence-electron chi connectivity index (χ2n) is 5.37. The van der Waals surface area contributed by atoms with Crippen molar-refractivity contribution in [3.05, 3.63) is 89.4 Å². The first-order chi connectivity index (χ1) is 12.3. The molecule has 0 saturated heterocycles. The van der Waals surface area contributed by atoms with E-state index in [1.54, 1.807) is 6.07 Å². The zero-order valence-corrected chi connectivity index (χ0v) is 14.5. The fraction of sp³-hybridized carbons (Fsp3) is 0.143. The molecule has 0 bridgehead atoms. The first-order valence-electron chi connectivity index (χ1n) is 8.08.